The molecule has 0 fully saturated rings. The van der Waals surface area contributed by atoms with Crippen molar-refractivity contribution in [2.24, 2.45) is 0 Å². The van der Waals surface area contributed by atoms with Crippen LogP contribution in [0, 0.1) is 5.82 Å². The van der Waals surface area contributed by atoms with Crippen LogP contribution in [0.4, 0.5) is 9.18 Å². The van der Waals surface area contributed by atoms with Gasteiger partial charge < -0.3 is 15.7 Å². The lowest BCUT2D eigenvalue weighted by Gasteiger charge is -2.22. The van der Waals surface area contributed by atoms with Gasteiger partial charge in [-0.2, -0.15) is 0 Å². The Labute approximate surface area is 148 Å². The highest BCUT2D eigenvalue weighted by Crippen LogP contribution is 2.21. The van der Waals surface area contributed by atoms with E-state index in [2.05, 4.69) is 10.6 Å². The molecule has 5 heteroatoms. The van der Waals surface area contributed by atoms with Crippen molar-refractivity contribution in [3.8, 4) is 0 Å². The first-order valence-electron chi connectivity index (χ1n) is 8.56. The van der Waals surface area contributed by atoms with Crippen LogP contribution in [0.5, 0.6) is 0 Å². The van der Waals surface area contributed by atoms with Crippen LogP contribution in [-0.4, -0.2) is 23.8 Å². The molecule has 0 radical (unpaired) electrons. The third-order valence-corrected chi connectivity index (χ3v) is 4.04. The Morgan fingerprint density at radius 1 is 1.08 bits per heavy atom. The van der Waals surface area contributed by atoms with Crippen molar-refractivity contribution in [2.75, 3.05) is 6.61 Å². The van der Waals surface area contributed by atoms with E-state index in [0.717, 1.165) is 5.56 Å². The molecule has 2 unspecified atom stereocenters. The minimum absolute atomic E-state index is 0.0647. The van der Waals surface area contributed by atoms with Gasteiger partial charge in [-0.3, -0.25) is 0 Å². The third-order valence-electron chi connectivity index (χ3n) is 4.04. The molecule has 0 heterocycles. The number of rotatable bonds is 8. The fraction of sp³-hybridized carbons (Fsp3) is 0.350. The Kier molecular flexibility index (Phi) is 7.41. The normalized spacial score (nSPS) is 13.1. The van der Waals surface area contributed by atoms with Crippen molar-refractivity contribution in [2.45, 2.75) is 38.3 Å². The van der Waals surface area contributed by atoms with E-state index in [-0.39, 0.29) is 24.5 Å². The van der Waals surface area contributed by atoms with E-state index in [0.29, 0.717) is 24.8 Å². The van der Waals surface area contributed by atoms with Gasteiger partial charge in [-0.15, -0.1) is 0 Å². The average Bonchev–Trinajstić information content (AvgIpc) is 2.60. The van der Waals surface area contributed by atoms with Crippen molar-refractivity contribution in [3.05, 3.63) is 71.5 Å². The highest BCUT2D eigenvalue weighted by Gasteiger charge is 2.19. The fourth-order valence-corrected chi connectivity index (χ4v) is 2.74. The van der Waals surface area contributed by atoms with Gasteiger partial charge in [0.05, 0.1) is 6.04 Å². The van der Waals surface area contributed by atoms with Crippen LogP contribution in [0.3, 0.4) is 0 Å². The van der Waals surface area contributed by atoms with Crippen molar-refractivity contribution in [1.82, 2.24) is 10.6 Å². The maximum Gasteiger partial charge on any atom is 0.315 e. The molecule has 0 spiro atoms. The SMILES string of the molecule is CC(CCCO)NC(=O)NC(Cc1ccccc1)c1ccccc1F. The van der Waals surface area contributed by atoms with E-state index in [1.54, 1.807) is 18.2 Å². The van der Waals surface area contributed by atoms with Crippen molar-refractivity contribution >= 4 is 6.03 Å². The summed E-state index contributed by atoms with van der Waals surface area (Å²) in [6, 6.07) is 15.3. The van der Waals surface area contributed by atoms with E-state index in [4.69, 9.17) is 5.11 Å². The van der Waals surface area contributed by atoms with Crippen LogP contribution in [0.2, 0.25) is 0 Å². The molecule has 4 nitrogen and oxygen atoms in total. The largest absolute Gasteiger partial charge is 0.396 e. The Morgan fingerprint density at radius 2 is 1.76 bits per heavy atom. The summed E-state index contributed by atoms with van der Waals surface area (Å²) in [4.78, 5) is 12.3. The summed E-state index contributed by atoms with van der Waals surface area (Å²) in [6.45, 7) is 1.98. The summed E-state index contributed by atoms with van der Waals surface area (Å²) in [7, 11) is 0. The number of halogens is 1. The van der Waals surface area contributed by atoms with Crippen molar-refractivity contribution in [3.63, 3.8) is 0 Å². The Hall–Kier alpha value is -2.40. The van der Waals surface area contributed by atoms with E-state index in [1.807, 2.05) is 37.3 Å². The van der Waals surface area contributed by atoms with Gasteiger partial charge >= 0.3 is 6.03 Å². The maximum atomic E-state index is 14.2. The van der Waals surface area contributed by atoms with Crippen molar-refractivity contribution < 1.29 is 14.3 Å². The highest BCUT2D eigenvalue weighted by molar-refractivity contribution is 5.74. The molecular weight excluding hydrogens is 319 g/mol. The number of aliphatic hydroxyl groups excluding tert-OH is 1. The standard InChI is InChI=1S/C20H25FN2O2/c1-15(8-7-13-24)22-20(25)23-19(14-16-9-3-2-4-10-16)17-11-5-6-12-18(17)21/h2-6,9-12,15,19,24H,7-8,13-14H2,1H3,(H2,22,23,25). The first kappa shape index (κ1) is 18.9. The lowest BCUT2D eigenvalue weighted by atomic mass is 9.98. The molecule has 0 aliphatic carbocycles. The number of hydrogen-bond donors (Lipinski definition) is 3. The summed E-state index contributed by atoms with van der Waals surface area (Å²) in [5.74, 6) is -0.336. The monoisotopic (exact) mass is 344 g/mol. The second-order valence-electron chi connectivity index (χ2n) is 6.15. The van der Waals surface area contributed by atoms with Gasteiger partial charge in [0.15, 0.2) is 0 Å². The first-order valence-corrected chi connectivity index (χ1v) is 8.56. The third kappa shape index (κ3) is 6.19. The number of aliphatic hydroxyl groups is 1. The summed E-state index contributed by atoms with van der Waals surface area (Å²) in [5, 5.41) is 14.6. The second-order valence-corrected chi connectivity index (χ2v) is 6.15. The topological polar surface area (TPSA) is 61.4 Å². The summed E-state index contributed by atoms with van der Waals surface area (Å²) in [6.07, 6.45) is 1.81. The Morgan fingerprint density at radius 3 is 2.44 bits per heavy atom. The van der Waals surface area contributed by atoms with Gasteiger partial charge in [0.1, 0.15) is 5.82 Å². The molecule has 3 N–H and O–H groups in total. The molecule has 134 valence electrons. The molecule has 2 rings (SSSR count). The number of urea groups is 1. The molecule has 0 aromatic heterocycles. The first-order chi connectivity index (χ1) is 12.1. The van der Waals surface area contributed by atoms with Gasteiger partial charge in [0.25, 0.3) is 0 Å². The Bertz CT molecular complexity index is 664. The van der Waals surface area contributed by atoms with Gasteiger partial charge in [-0.25, -0.2) is 9.18 Å². The number of nitrogens with one attached hydrogen (secondary N) is 2. The summed E-state index contributed by atoms with van der Waals surface area (Å²) < 4.78 is 14.2. The molecule has 0 bridgehead atoms. The van der Waals surface area contributed by atoms with E-state index >= 15 is 0 Å². The molecular formula is C20H25FN2O2. The zero-order valence-electron chi connectivity index (χ0n) is 14.4. The van der Waals surface area contributed by atoms with Crippen LogP contribution in [-0.2, 0) is 6.42 Å². The van der Waals surface area contributed by atoms with E-state index in [1.165, 1.54) is 6.07 Å². The van der Waals surface area contributed by atoms with E-state index in [9.17, 15) is 9.18 Å². The number of benzene rings is 2. The van der Waals surface area contributed by atoms with Crippen LogP contribution in [0.15, 0.2) is 54.6 Å². The molecule has 0 aliphatic rings. The predicted octanol–water partition coefficient (Wildman–Crippen LogP) is 3.57. The molecule has 2 aromatic rings. The van der Waals surface area contributed by atoms with Gasteiger partial charge in [0.2, 0.25) is 0 Å². The zero-order valence-corrected chi connectivity index (χ0v) is 14.4. The quantitative estimate of drug-likeness (QED) is 0.685. The van der Waals surface area contributed by atoms with E-state index < -0.39 is 6.04 Å². The molecule has 25 heavy (non-hydrogen) atoms. The highest BCUT2D eigenvalue weighted by atomic mass is 19.1. The second kappa shape index (κ2) is 9.79. The van der Waals surface area contributed by atoms with Gasteiger partial charge in [-0.1, -0.05) is 48.5 Å². The summed E-state index contributed by atoms with van der Waals surface area (Å²) >= 11 is 0. The summed E-state index contributed by atoms with van der Waals surface area (Å²) in [5.41, 5.74) is 1.48. The number of amides is 2. The molecule has 0 saturated carbocycles. The van der Waals surface area contributed by atoms with Gasteiger partial charge in [0, 0.05) is 18.2 Å². The molecule has 0 aliphatic heterocycles. The maximum absolute atomic E-state index is 14.2. The number of hydrogen-bond acceptors (Lipinski definition) is 2. The molecule has 0 saturated heterocycles. The predicted molar refractivity (Wildman–Crippen MR) is 96.7 cm³/mol. The van der Waals surface area contributed by atoms with Gasteiger partial charge in [-0.05, 0) is 37.8 Å². The van der Waals surface area contributed by atoms with Crippen LogP contribution < -0.4 is 10.6 Å². The molecule has 2 amide bonds. The number of carbonyl (C=O) groups excluding carboxylic acids is 1. The molecule has 2 atom stereocenters. The zero-order chi connectivity index (χ0) is 18.1. The minimum atomic E-state index is -0.464. The number of carbonyl (C=O) groups is 1. The van der Waals surface area contributed by atoms with Crippen LogP contribution in [0.1, 0.15) is 36.9 Å². The molecule has 2 aromatic carbocycles. The Balaban J connectivity index is 2.09. The minimum Gasteiger partial charge on any atom is -0.396 e. The lowest BCUT2D eigenvalue weighted by Crippen LogP contribution is -2.43. The fourth-order valence-electron chi connectivity index (χ4n) is 2.74. The van der Waals surface area contributed by atoms with Crippen molar-refractivity contribution in [1.29, 1.82) is 0 Å². The van der Waals surface area contributed by atoms with Crippen LogP contribution in [0.25, 0.3) is 0 Å². The van der Waals surface area contributed by atoms with Crippen LogP contribution >= 0.6 is 0 Å². The smallest absolute Gasteiger partial charge is 0.315 e. The average molecular weight is 344 g/mol. The lowest BCUT2D eigenvalue weighted by molar-refractivity contribution is 0.230.